The van der Waals surface area contributed by atoms with Crippen LogP contribution in [0.4, 0.5) is 10.1 Å². The lowest BCUT2D eigenvalue weighted by Gasteiger charge is -2.35. The lowest BCUT2D eigenvalue weighted by atomic mass is 10.1. The third-order valence-corrected chi connectivity index (χ3v) is 4.41. The molecule has 0 radical (unpaired) electrons. The minimum absolute atomic E-state index is 0.00463. The van der Waals surface area contributed by atoms with Crippen molar-refractivity contribution in [2.45, 2.75) is 6.54 Å². The Kier molecular flexibility index (Phi) is 4.73. The summed E-state index contributed by atoms with van der Waals surface area (Å²) in [6.07, 6.45) is 1.41. The second-order valence-corrected chi connectivity index (χ2v) is 6.19. The topological polar surface area (TPSA) is 69.3 Å². The summed E-state index contributed by atoms with van der Waals surface area (Å²) >= 11 is 11.7. The molecule has 0 bridgehead atoms. The highest BCUT2D eigenvalue weighted by molar-refractivity contribution is 6.33. The van der Waals surface area contributed by atoms with E-state index in [9.17, 15) is 14.0 Å². The largest absolute Gasteiger partial charge is 0.358 e. The number of benzene rings is 1. The first-order valence-electron chi connectivity index (χ1n) is 7.15. The van der Waals surface area contributed by atoms with E-state index in [0.29, 0.717) is 29.4 Å². The Balaban J connectivity index is 1.72. The molecule has 1 fully saturated rings. The quantitative estimate of drug-likeness (QED) is 0.897. The number of nitrogens with one attached hydrogen (secondary N) is 1. The predicted molar refractivity (Wildman–Crippen MR) is 88.9 cm³/mol. The second-order valence-electron chi connectivity index (χ2n) is 5.37. The van der Waals surface area contributed by atoms with Gasteiger partial charge in [0.1, 0.15) is 10.8 Å². The van der Waals surface area contributed by atoms with Crippen LogP contribution < -0.4 is 10.5 Å². The summed E-state index contributed by atoms with van der Waals surface area (Å²) < 4.78 is 13.9. The second kappa shape index (κ2) is 6.78. The minimum atomic E-state index is -0.507. The molecule has 2 aromatic rings. The van der Waals surface area contributed by atoms with Crippen molar-refractivity contribution in [3.63, 3.8) is 0 Å². The highest BCUT2D eigenvalue weighted by Gasteiger charge is 2.26. The number of aromatic nitrogens is 2. The van der Waals surface area contributed by atoms with Crippen LogP contribution in [0.25, 0.3) is 0 Å². The van der Waals surface area contributed by atoms with Gasteiger partial charge in [-0.05, 0) is 12.1 Å². The van der Waals surface area contributed by atoms with E-state index >= 15 is 0 Å². The SMILES string of the molecule is O=C1CN(c2cn[nH]c(=O)c2Cl)CCN1Cc1ccc(Cl)cc1F. The van der Waals surface area contributed by atoms with Crippen molar-refractivity contribution < 1.29 is 9.18 Å². The molecule has 0 saturated carbocycles. The third kappa shape index (κ3) is 3.37. The van der Waals surface area contributed by atoms with E-state index < -0.39 is 11.4 Å². The van der Waals surface area contributed by atoms with Crippen molar-refractivity contribution in [2.24, 2.45) is 0 Å². The fraction of sp³-hybridized carbons (Fsp3) is 0.267. The number of hydrogen-bond acceptors (Lipinski definition) is 4. The van der Waals surface area contributed by atoms with E-state index in [0.717, 1.165) is 0 Å². The molecule has 0 aliphatic carbocycles. The fourth-order valence-corrected chi connectivity index (χ4v) is 2.90. The van der Waals surface area contributed by atoms with Crippen molar-refractivity contribution in [2.75, 3.05) is 24.5 Å². The molecular weight excluding hydrogens is 358 g/mol. The summed E-state index contributed by atoms with van der Waals surface area (Å²) in [5.74, 6) is -0.633. The molecule has 1 aliphatic heterocycles. The highest BCUT2D eigenvalue weighted by Crippen LogP contribution is 2.23. The molecule has 0 atom stereocenters. The average molecular weight is 371 g/mol. The number of anilines is 1. The smallest absolute Gasteiger partial charge is 0.285 e. The first-order chi connectivity index (χ1) is 11.5. The summed E-state index contributed by atoms with van der Waals surface area (Å²) in [7, 11) is 0. The Morgan fingerprint density at radius 3 is 2.75 bits per heavy atom. The molecule has 1 aliphatic rings. The van der Waals surface area contributed by atoms with Gasteiger partial charge < -0.3 is 9.80 Å². The van der Waals surface area contributed by atoms with Crippen molar-refractivity contribution >= 4 is 34.8 Å². The molecule has 2 heterocycles. The van der Waals surface area contributed by atoms with Gasteiger partial charge in [-0.3, -0.25) is 9.59 Å². The van der Waals surface area contributed by atoms with Gasteiger partial charge in [0.25, 0.3) is 5.56 Å². The number of aromatic amines is 1. The van der Waals surface area contributed by atoms with Crippen LogP contribution in [0, 0.1) is 5.82 Å². The van der Waals surface area contributed by atoms with Gasteiger partial charge in [-0.2, -0.15) is 5.10 Å². The van der Waals surface area contributed by atoms with E-state index in [4.69, 9.17) is 23.2 Å². The zero-order valence-corrected chi connectivity index (χ0v) is 13.9. The van der Waals surface area contributed by atoms with Crippen molar-refractivity contribution in [1.29, 1.82) is 0 Å². The molecule has 126 valence electrons. The maximum absolute atomic E-state index is 13.9. The van der Waals surface area contributed by atoms with Gasteiger partial charge in [-0.1, -0.05) is 29.3 Å². The minimum Gasteiger partial charge on any atom is -0.358 e. The van der Waals surface area contributed by atoms with Crippen molar-refractivity contribution in [3.8, 4) is 0 Å². The van der Waals surface area contributed by atoms with Gasteiger partial charge >= 0.3 is 0 Å². The van der Waals surface area contributed by atoms with E-state index in [1.807, 2.05) is 0 Å². The number of halogens is 3. The first kappa shape index (κ1) is 16.7. The molecule has 1 aromatic heterocycles. The number of carbonyl (C=O) groups excluding carboxylic acids is 1. The van der Waals surface area contributed by atoms with Crippen LogP contribution in [0.2, 0.25) is 10.0 Å². The van der Waals surface area contributed by atoms with Crippen LogP contribution >= 0.6 is 23.2 Å². The summed E-state index contributed by atoms with van der Waals surface area (Å²) in [6.45, 7) is 1.05. The number of rotatable bonds is 3. The van der Waals surface area contributed by atoms with Crippen LogP contribution in [0.1, 0.15) is 5.56 Å². The molecule has 6 nitrogen and oxygen atoms in total. The molecule has 9 heteroatoms. The number of amides is 1. The molecule has 0 spiro atoms. The number of carbonyl (C=O) groups is 1. The molecule has 1 saturated heterocycles. The molecule has 1 amide bonds. The van der Waals surface area contributed by atoms with Crippen molar-refractivity contribution in [3.05, 3.63) is 56.2 Å². The van der Waals surface area contributed by atoms with E-state index in [2.05, 4.69) is 10.2 Å². The zero-order chi connectivity index (χ0) is 17.3. The molecular formula is C15H13Cl2FN4O2. The van der Waals surface area contributed by atoms with Crippen LogP contribution in [-0.2, 0) is 11.3 Å². The highest BCUT2D eigenvalue weighted by atomic mass is 35.5. The van der Waals surface area contributed by atoms with Crippen LogP contribution in [0.3, 0.4) is 0 Å². The number of H-pyrrole nitrogens is 1. The maximum atomic E-state index is 13.9. The number of nitrogens with zero attached hydrogens (tertiary/aromatic N) is 3. The Morgan fingerprint density at radius 1 is 1.25 bits per heavy atom. The van der Waals surface area contributed by atoms with Gasteiger partial charge in [-0.15, -0.1) is 0 Å². The Morgan fingerprint density at radius 2 is 2.04 bits per heavy atom. The van der Waals surface area contributed by atoms with Gasteiger partial charge in [-0.25, -0.2) is 9.49 Å². The molecule has 3 rings (SSSR count). The molecule has 1 N–H and O–H groups in total. The van der Waals surface area contributed by atoms with Gasteiger partial charge in [0, 0.05) is 30.2 Å². The molecule has 1 aromatic carbocycles. The van der Waals surface area contributed by atoms with Crippen LogP contribution in [0.5, 0.6) is 0 Å². The van der Waals surface area contributed by atoms with Crippen molar-refractivity contribution in [1.82, 2.24) is 15.1 Å². The Hall–Kier alpha value is -2.12. The number of hydrogen-bond donors (Lipinski definition) is 1. The molecule has 0 unspecified atom stereocenters. The van der Waals surface area contributed by atoms with E-state index in [1.165, 1.54) is 12.3 Å². The summed E-state index contributed by atoms with van der Waals surface area (Å²) in [5, 5.41) is 6.24. The van der Waals surface area contributed by atoms with Gasteiger partial charge in [0.2, 0.25) is 5.91 Å². The zero-order valence-electron chi connectivity index (χ0n) is 12.4. The van der Waals surface area contributed by atoms with E-state index in [-0.39, 0.29) is 24.0 Å². The normalized spacial score (nSPS) is 15.0. The molecule has 24 heavy (non-hydrogen) atoms. The maximum Gasteiger partial charge on any atom is 0.285 e. The Labute approximate surface area is 146 Å². The third-order valence-electron chi connectivity index (χ3n) is 3.81. The summed E-state index contributed by atoms with van der Waals surface area (Å²) in [4.78, 5) is 27.1. The van der Waals surface area contributed by atoms with Gasteiger partial charge in [0.05, 0.1) is 18.4 Å². The predicted octanol–water partition coefficient (Wildman–Crippen LogP) is 2.06. The van der Waals surface area contributed by atoms with Crippen LogP contribution in [0.15, 0.2) is 29.2 Å². The summed E-state index contributed by atoms with van der Waals surface area (Å²) in [5.41, 5.74) is 0.301. The fourth-order valence-electron chi connectivity index (χ4n) is 2.53. The standard InChI is InChI=1S/C15H13Cl2FN4O2/c16-10-2-1-9(11(18)5-10)7-22-4-3-21(8-13(22)23)12-6-19-20-15(24)14(12)17/h1-2,5-6H,3-4,7-8H2,(H,20,24). The van der Waals surface area contributed by atoms with Crippen LogP contribution in [-0.4, -0.2) is 40.6 Å². The van der Waals surface area contributed by atoms with Gasteiger partial charge in [0.15, 0.2) is 0 Å². The first-order valence-corrected chi connectivity index (χ1v) is 7.91. The Bertz CT molecular complexity index is 842. The van der Waals surface area contributed by atoms with E-state index in [1.54, 1.807) is 21.9 Å². The average Bonchev–Trinajstić information content (AvgIpc) is 2.54. The summed E-state index contributed by atoms with van der Waals surface area (Å²) in [6, 6.07) is 4.37. The number of piperazine rings is 1. The lowest BCUT2D eigenvalue weighted by Crippen LogP contribution is -2.50. The monoisotopic (exact) mass is 370 g/mol. The lowest BCUT2D eigenvalue weighted by molar-refractivity contribution is -0.131.